The number of aromatic nitrogens is 1. The first-order valence-corrected chi connectivity index (χ1v) is 18.2. The Morgan fingerprint density at radius 1 is 0.585 bits per heavy atom. The number of nitrogens with zero attached hydrogens (tertiary/aromatic N) is 3. The first-order valence-electron chi connectivity index (χ1n) is 18.2. The molecule has 7 aromatic carbocycles. The quantitative estimate of drug-likeness (QED) is 0.201. The fraction of sp³-hybridized carbons (Fsp3) is 0.0833. The third kappa shape index (κ3) is 4.44. The summed E-state index contributed by atoms with van der Waals surface area (Å²) in [5, 5.41) is 8.21. The molecule has 3 heterocycles. The molecule has 1 aliphatic heterocycles. The third-order valence-electron chi connectivity index (χ3n) is 11.3. The lowest BCUT2D eigenvalue weighted by atomic mass is 9.82. The van der Waals surface area contributed by atoms with Gasteiger partial charge in [-0.3, -0.25) is 0 Å². The predicted molar refractivity (Wildman–Crippen MR) is 217 cm³/mol. The zero-order valence-electron chi connectivity index (χ0n) is 29.3. The molecule has 1 aliphatic carbocycles. The van der Waals surface area contributed by atoms with Crippen molar-refractivity contribution in [3.63, 3.8) is 0 Å². The second-order valence-corrected chi connectivity index (χ2v) is 14.6. The Kier molecular flexibility index (Phi) is 6.30. The Bertz CT molecular complexity index is 3000. The smallest absolute Gasteiger partial charge is 0.159 e. The molecule has 252 valence electrons. The van der Waals surface area contributed by atoms with Crippen LogP contribution in [0.1, 0.15) is 47.8 Å². The first-order chi connectivity index (χ1) is 26.0. The monoisotopic (exact) mass is 682 g/mol. The third-order valence-corrected chi connectivity index (χ3v) is 11.3. The van der Waals surface area contributed by atoms with Crippen LogP contribution in [-0.4, -0.2) is 16.2 Å². The standard InChI is InChI=1S/C48H34N4O/c1-48(2)38-21-11-9-18-32(38)33-25-24-30(26-39(33)48)46-49-45(29-14-5-3-6-15-29)50-47(51-46)35-20-13-23-42-44(35)37-27-41-36(28-43(37)53-42)34-19-10-12-22-40(34)52(41)31-16-7-4-8-17-31/h3-28,46H,1-2H3,(H,49,50,51). The maximum atomic E-state index is 6.66. The lowest BCUT2D eigenvalue weighted by Crippen LogP contribution is -2.33. The molecule has 5 nitrogen and oxygen atoms in total. The van der Waals surface area contributed by atoms with Crippen LogP contribution in [0.5, 0.6) is 0 Å². The van der Waals surface area contributed by atoms with Crippen LogP contribution in [0, 0.1) is 0 Å². The summed E-state index contributed by atoms with van der Waals surface area (Å²) in [5.74, 6) is 1.47. The van der Waals surface area contributed by atoms with Crippen LogP contribution < -0.4 is 5.32 Å². The van der Waals surface area contributed by atoms with Crippen LogP contribution in [0.3, 0.4) is 0 Å². The predicted octanol–water partition coefficient (Wildman–Crippen LogP) is 11.5. The van der Waals surface area contributed by atoms with Gasteiger partial charge >= 0.3 is 0 Å². The van der Waals surface area contributed by atoms with E-state index >= 15 is 0 Å². The van der Waals surface area contributed by atoms with Gasteiger partial charge in [-0.05, 0) is 64.2 Å². The second-order valence-electron chi connectivity index (χ2n) is 14.6. The van der Waals surface area contributed by atoms with E-state index in [4.69, 9.17) is 14.4 Å². The minimum Gasteiger partial charge on any atom is -0.456 e. The summed E-state index contributed by atoms with van der Waals surface area (Å²) in [4.78, 5) is 10.5. The second kappa shape index (κ2) is 11.1. The first kappa shape index (κ1) is 30.0. The molecule has 53 heavy (non-hydrogen) atoms. The molecule has 0 radical (unpaired) electrons. The molecule has 0 saturated carbocycles. The summed E-state index contributed by atoms with van der Waals surface area (Å²) in [7, 11) is 0. The lowest BCUT2D eigenvalue weighted by molar-refractivity contribution is 0.645. The van der Waals surface area contributed by atoms with Gasteiger partial charge in [0, 0.05) is 43.8 Å². The topological polar surface area (TPSA) is 54.8 Å². The minimum atomic E-state index is -0.344. The van der Waals surface area contributed by atoms with Gasteiger partial charge in [-0.15, -0.1) is 0 Å². The molecule has 9 aromatic rings. The Morgan fingerprint density at radius 3 is 2.19 bits per heavy atom. The van der Waals surface area contributed by atoms with Crippen molar-refractivity contribution in [3.05, 3.63) is 186 Å². The minimum absolute atomic E-state index is 0.117. The van der Waals surface area contributed by atoms with E-state index in [1.54, 1.807) is 0 Å². The number of para-hydroxylation sites is 2. The summed E-state index contributed by atoms with van der Waals surface area (Å²) in [6.07, 6.45) is -0.344. The van der Waals surface area contributed by atoms with Gasteiger partial charge in [0.15, 0.2) is 5.84 Å². The Balaban J connectivity index is 1.10. The average Bonchev–Trinajstić information content (AvgIpc) is 3.82. The van der Waals surface area contributed by atoms with Crippen molar-refractivity contribution < 1.29 is 4.42 Å². The van der Waals surface area contributed by atoms with Crippen LogP contribution >= 0.6 is 0 Å². The highest BCUT2D eigenvalue weighted by Crippen LogP contribution is 2.49. The van der Waals surface area contributed by atoms with Gasteiger partial charge in [0.1, 0.15) is 23.2 Å². The molecule has 0 amide bonds. The molecule has 0 bridgehead atoms. The van der Waals surface area contributed by atoms with Crippen molar-refractivity contribution in [2.75, 3.05) is 0 Å². The van der Waals surface area contributed by atoms with Crippen molar-refractivity contribution >= 4 is 55.4 Å². The number of benzene rings is 7. The molecule has 2 aliphatic rings. The SMILES string of the molecule is CC1(C)c2ccccc2-c2ccc(C3N=C(c4ccccc4)N=C(c4cccc5oc6cc7c8ccccc8n(-c8ccccc8)c7cc6c45)N3)cc21. The van der Waals surface area contributed by atoms with Crippen LogP contribution in [-0.2, 0) is 5.41 Å². The molecule has 1 unspecified atom stereocenters. The van der Waals surface area contributed by atoms with E-state index < -0.39 is 0 Å². The van der Waals surface area contributed by atoms with Gasteiger partial charge in [0.05, 0.1) is 11.0 Å². The Labute approximate surface area is 306 Å². The molecule has 5 heteroatoms. The van der Waals surface area contributed by atoms with E-state index in [-0.39, 0.29) is 11.6 Å². The van der Waals surface area contributed by atoms with Gasteiger partial charge in [-0.1, -0.05) is 135 Å². The van der Waals surface area contributed by atoms with Crippen molar-refractivity contribution in [1.29, 1.82) is 0 Å². The van der Waals surface area contributed by atoms with E-state index in [9.17, 15) is 0 Å². The van der Waals surface area contributed by atoms with Crippen LogP contribution in [0.25, 0.3) is 60.6 Å². The van der Waals surface area contributed by atoms with Crippen molar-refractivity contribution in [1.82, 2.24) is 9.88 Å². The summed E-state index contributed by atoms with van der Waals surface area (Å²) >= 11 is 0. The fourth-order valence-corrected chi connectivity index (χ4v) is 8.71. The van der Waals surface area contributed by atoms with Crippen LogP contribution in [0.15, 0.2) is 172 Å². The summed E-state index contributed by atoms with van der Waals surface area (Å²) in [6, 6.07) is 55.8. The number of rotatable bonds is 4. The molecule has 1 N–H and O–H groups in total. The van der Waals surface area contributed by atoms with Gasteiger partial charge < -0.3 is 14.3 Å². The van der Waals surface area contributed by atoms with E-state index in [0.29, 0.717) is 5.84 Å². The molecule has 11 rings (SSSR count). The lowest BCUT2D eigenvalue weighted by Gasteiger charge is -2.26. The maximum absolute atomic E-state index is 6.66. The van der Waals surface area contributed by atoms with Crippen molar-refractivity contribution in [2.24, 2.45) is 9.98 Å². The number of hydrogen-bond donors (Lipinski definition) is 1. The molecular weight excluding hydrogens is 649 g/mol. The number of amidine groups is 2. The van der Waals surface area contributed by atoms with E-state index in [1.165, 1.54) is 27.6 Å². The van der Waals surface area contributed by atoms with Gasteiger partial charge in [-0.25, -0.2) is 9.98 Å². The molecule has 0 spiro atoms. The van der Waals surface area contributed by atoms with Crippen molar-refractivity contribution in [3.8, 4) is 16.8 Å². The van der Waals surface area contributed by atoms with Crippen molar-refractivity contribution in [2.45, 2.75) is 25.4 Å². The largest absolute Gasteiger partial charge is 0.456 e. The van der Waals surface area contributed by atoms with Crippen LogP contribution in [0.4, 0.5) is 0 Å². The number of furan rings is 1. The van der Waals surface area contributed by atoms with Crippen LogP contribution in [0.2, 0.25) is 0 Å². The number of hydrogen-bond acceptors (Lipinski definition) is 4. The molecule has 0 saturated heterocycles. The van der Waals surface area contributed by atoms with E-state index in [2.05, 4.69) is 163 Å². The molecule has 1 atom stereocenters. The maximum Gasteiger partial charge on any atom is 0.159 e. The average molecular weight is 683 g/mol. The number of aliphatic imine (C=N–C) groups is 2. The molecule has 0 fully saturated rings. The Hall–Kier alpha value is -6.72. The summed E-state index contributed by atoms with van der Waals surface area (Å²) in [6.45, 7) is 4.64. The molecule has 2 aromatic heterocycles. The van der Waals surface area contributed by atoms with E-state index in [1.807, 2.05) is 18.2 Å². The van der Waals surface area contributed by atoms with Gasteiger partial charge in [0.25, 0.3) is 0 Å². The number of nitrogens with one attached hydrogen (secondary N) is 1. The molecular formula is C48H34N4O. The highest BCUT2D eigenvalue weighted by molar-refractivity contribution is 6.24. The zero-order chi connectivity index (χ0) is 35.3. The normalized spacial score (nSPS) is 16.1. The zero-order valence-corrected chi connectivity index (χ0v) is 29.3. The van der Waals surface area contributed by atoms with Gasteiger partial charge in [0.2, 0.25) is 0 Å². The highest BCUT2D eigenvalue weighted by atomic mass is 16.3. The fourth-order valence-electron chi connectivity index (χ4n) is 8.71. The highest BCUT2D eigenvalue weighted by Gasteiger charge is 2.36. The number of fused-ring (bicyclic) bond motifs is 9. The summed E-state index contributed by atoms with van der Waals surface area (Å²) < 4.78 is 9.01. The van der Waals surface area contributed by atoms with Gasteiger partial charge in [-0.2, -0.15) is 0 Å². The Morgan fingerprint density at radius 2 is 1.32 bits per heavy atom. The van der Waals surface area contributed by atoms with E-state index in [0.717, 1.165) is 66.6 Å². The summed E-state index contributed by atoms with van der Waals surface area (Å²) in [5.41, 5.74) is 13.3.